The van der Waals surface area contributed by atoms with Crippen molar-refractivity contribution in [3.8, 4) is 5.75 Å². The third-order valence-corrected chi connectivity index (χ3v) is 6.11. The summed E-state index contributed by atoms with van der Waals surface area (Å²) in [7, 11) is -2.51. The van der Waals surface area contributed by atoms with Crippen LogP contribution in [0.5, 0.6) is 5.75 Å². The van der Waals surface area contributed by atoms with Crippen LogP contribution in [0.2, 0.25) is 0 Å². The van der Waals surface area contributed by atoms with Gasteiger partial charge in [-0.15, -0.1) is 0 Å². The Kier molecular flexibility index (Phi) is 5.41. The van der Waals surface area contributed by atoms with E-state index in [9.17, 15) is 13.2 Å². The van der Waals surface area contributed by atoms with E-state index >= 15 is 0 Å². The molecular formula is C20H24N2O4S. The quantitative estimate of drug-likeness (QED) is 0.762. The number of amides is 1. The number of sulfonamides is 1. The Morgan fingerprint density at radius 2 is 1.81 bits per heavy atom. The second-order valence-corrected chi connectivity index (χ2v) is 8.59. The molecule has 2 aromatic carbocycles. The average Bonchev–Trinajstić information content (AvgIpc) is 3.48. The van der Waals surface area contributed by atoms with Gasteiger partial charge in [0, 0.05) is 17.3 Å². The second kappa shape index (κ2) is 7.60. The maximum Gasteiger partial charge on any atom is 0.265 e. The number of methoxy groups -OCH3 is 1. The van der Waals surface area contributed by atoms with E-state index in [1.807, 2.05) is 26.0 Å². The molecule has 7 heteroatoms. The number of hydrogen-bond acceptors (Lipinski definition) is 4. The fourth-order valence-electron chi connectivity index (χ4n) is 2.86. The lowest BCUT2D eigenvalue weighted by atomic mass is 10.1. The molecule has 0 aliphatic heterocycles. The van der Waals surface area contributed by atoms with Crippen LogP contribution < -0.4 is 14.8 Å². The number of carbonyl (C=O) groups excluding carboxylic acids is 1. The molecule has 3 rings (SSSR count). The lowest BCUT2D eigenvalue weighted by Gasteiger charge is -2.15. The monoisotopic (exact) mass is 388 g/mol. The van der Waals surface area contributed by atoms with Crippen molar-refractivity contribution in [2.24, 2.45) is 5.92 Å². The standard InChI is InChI=1S/C20H24N2O4S/c1-13-4-9-17(10-5-13)22-27(24,25)19-12-16(8-11-18(19)26-3)20(23)21-14(2)15-6-7-15/h4-5,8-12,14-15,22H,6-7H2,1-3H3,(H,21,23)/t14-/m1/s1. The molecule has 0 spiro atoms. The van der Waals surface area contributed by atoms with Gasteiger partial charge in [-0.05, 0) is 62.9 Å². The first-order valence-corrected chi connectivity index (χ1v) is 10.4. The van der Waals surface area contributed by atoms with Crippen molar-refractivity contribution in [1.82, 2.24) is 5.32 Å². The molecule has 0 unspecified atom stereocenters. The molecule has 27 heavy (non-hydrogen) atoms. The zero-order valence-electron chi connectivity index (χ0n) is 15.7. The van der Waals surface area contributed by atoms with Crippen LogP contribution in [-0.2, 0) is 10.0 Å². The average molecular weight is 388 g/mol. The number of carbonyl (C=O) groups is 1. The number of benzene rings is 2. The van der Waals surface area contributed by atoms with Crippen LogP contribution in [-0.4, -0.2) is 27.5 Å². The summed E-state index contributed by atoms with van der Waals surface area (Å²) in [6.07, 6.45) is 2.23. The van der Waals surface area contributed by atoms with Crippen molar-refractivity contribution < 1.29 is 17.9 Å². The molecule has 1 saturated carbocycles. The SMILES string of the molecule is COc1ccc(C(=O)N[C@H](C)C2CC2)cc1S(=O)(=O)Nc1ccc(C)cc1. The highest BCUT2D eigenvalue weighted by Gasteiger charge is 2.29. The minimum absolute atomic E-state index is 0.0719. The Bertz CT molecular complexity index is 935. The molecule has 1 atom stereocenters. The van der Waals surface area contributed by atoms with Gasteiger partial charge in [-0.25, -0.2) is 8.42 Å². The van der Waals surface area contributed by atoms with Crippen LogP contribution in [0.25, 0.3) is 0 Å². The summed E-state index contributed by atoms with van der Waals surface area (Å²) in [6, 6.07) is 11.5. The number of aryl methyl sites for hydroxylation is 1. The van der Waals surface area contributed by atoms with Gasteiger partial charge in [0.05, 0.1) is 7.11 Å². The Morgan fingerprint density at radius 1 is 1.15 bits per heavy atom. The number of ether oxygens (including phenoxy) is 1. The first-order chi connectivity index (χ1) is 12.8. The Hall–Kier alpha value is -2.54. The Labute approximate surface area is 160 Å². The van der Waals surface area contributed by atoms with Crippen molar-refractivity contribution in [3.05, 3.63) is 53.6 Å². The van der Waals surface area contributed by atoms with E-state index in [0.717, 1.165) is 18.4 Å². The molecule has 2 aromatic rings. The van der Waals surface area contributed by atoms with Gasteiger partial charge >= 0.3 is 0 Å². The van der Waals surface area contributed by atoms with Gasteiger partial charge in [0.1, 0.15) is 10.6 Å². The molecule has 6 nitrogen and oxygen atoms in total. The highest BCUT2D eigenvalue weighted by Crippen LogP contribution is 2.32. The predicted molar refractivity (Wildman–Crippen MR) is 105 cm³/mol. The zero-order valence-corrected chi connectivity index (χ0v) is 16.5. The zero-order chi connectivity index (χ0) is 19.6. The highest BCUT2D eigenvalue weighted by atomic mass is 32.2. The van der Waals surface area contributed by atoms with Crippen LogP contribution in [0.1, 0.15) is 35.7 Å². The van der Waals surface area contributed by atoms with Gasteiger partial charge in [-0.3, -0.25) is 9.52 Å². The molecule has 0 heterocycles. The fraction of sp³-hybridized carbons (Fsp3) is 0.350. The van der Waals surface area contributed by atoms with Gasteiger partial charge in [0.2, 0.25) is 0 Å². The molecule has 2 N–H and O–H groups in total. The van der Waals surface area contributed by atoms with Gasteiger partial charge in [0.15, 0.2) is 0 Å². The molecule has 144 valence electrons. The molecule has 1 fully saturated rings. The van der Waals surface area contributed by atoms with E-state index in [2.05, 4.69) is 10.0 Å². The number of rotatable bonds is 7. The number of anilines is 1. The summed E-state index contributed by atoms with van der Waals surface area (Å²) in [4.78, 5) is 12.4. The summed E-state index contributed by atoms with van der Waals surface area (Å²) < 4.78 is 33.5. The van der Waals surface area contributed by atoms with E-state index in [1.54, 1.807) is 18.2 Å². The molecule has 0 saturated heterocycles. The van der Waals surface area contributed by atoms with Crippen molar-refractivity contribution in [3.63, 3.8) is 0 Å². The molecule has 1 amide bonds. The largest absolute Gasteiger partial charge is 0.495 e. The molecule has 0 radical (unpaired) electrons. The molecule has 1 aliphatic carbocycles. The minimum Gasteiger partial charge on any atom is -0.495 e. The van der Waals surface area contributed by atoms with Crippen LogP contribution >= 0.6 is 0 Å². The Balaban J connectivity index is 1.87. The summed E-state index contributed by atoms with van der Waals surface area (Å²) in [5.41, 5.74) is 1.76. The second-order valence-electron chi connectivity index (χ2n) is 6.94. The fourth-order valence-corrected chi connectivity index (χ4v) is 4.12. The third kappa shape index (κ3) is 4.60. The van der Waals surface area contributed by atoms with Crippen molar-refractivity contribution in [1.29, 1.82) is 0 Å². The van der Waals surface area contributed by atoms with Gasteiger partial charge in [-0.1, -0.05) is 17.7 Å². The van der Waals surface area contributed by atoms with Crippen LogP contribution in [0.4, 0.5) is 5.69 Å². The maximum absolute atomic E-state index is 12.9. The first kappa shape index (κ1) is 19.2. The predicted octanol–water partition coefficient (Wildman–Crippen LogP) is 3.33. The number of hydrogen-bond donors (Lipinski definition) is 2. The summed E-state index contributed by atoms with van der Waals surface area (Å²) in [5.74, 6) is 0.406. The maximum atomic E-state index is 12.9. The Morgan fingerprint density at radius 3 is 2.41 bits per heavy atom. The summed E-state index contributed by atoms with van der Waals surface area (Å²) >= 11 is 0. The van der Waals surface area contributed by atoms with Crippen LogP contribution in [0.3, 0.4) is 0 Å². The van der Waals surface area contributed by atoms with E-state index in [1.165, 1.54) is 19.2 Å². The highest BCUT2D eigenvalue weighted by molar-refractivity contribution is 7.92. The molecular weight excluding hydrogens is 364 g/mol. The van der Waals surface area contributed by atoms with Crippen molar-refractivity contribution in [2.45, 2.75) is 37.6 Å². The molecule has 1 aliphatic rings. The summed E-state index contributed by atoms with van der Waals surface area (Å²) in [6.45, 7) is 3.89. The van der Waals surface area contributed by atoms with E-state index in [-0.39, 0.29) is 28.2 Å². The summed E-state index contributed by atoms with van der Waals surface area (Å²) in [5, 5.41) is 2.94. The topological polar surface area (TPSA) is 84.5 Å². The van der Waals surface area contributed by atoms with E-state index in [4.69, 9.17) is 4.74 Å². The van der Waals surface area contributed by atoms with Gasteiger partial charge < -0.3 is 10.1 Å². The number of nitrogens with one attached hydrogen (secondary N) is 2. The van der Waals surface area contributed by atoms with Crippen LogP contribution in [0.15, 0.2) is 47.4 Å². The first-order valence-electron chi connectivity index (χ1n) is 8.88. The third-order valence-electron chi connectivity index (χ3n) is 4.71. The molecule has 0 bridgehead atoms. The van der Waals surface area contributed by atoms with E-state index < -0.39 is 10.0 Å². The van der Waals surface area contributed by atoms with E-state index in [0.29, 0.717) is 11.6 Å². The molecule has 0 aromatic heterocycles. The van der Waals surface area contributed by atoms with Crippen molar-refractivity contribution in [2.75, 3.05) is 11.8 Å². The smallest absolute Gasteiger partial charge is 0.265 e. The van der Waals surface area contributed by atoms with Crippen molar-refractivity contribution >= 4 is 21.6 Å². The minimum atomic E-state index is -3.91. The lowest BCUT2D eigenvalue weighted by Crippen LogP contribution is -2.34. The van der Waals surface area contributed by atoms with Gasteiger partial charge in [-0.2, -0.15) is 0 Å². The lowest BCUT2D eigenvalue weighted by molar-refractivity contribution is 0.0935. The van der Waals surface area contributed by atoms with Gasteiger partial charge in [0.25, 0.3) is 15.9 Å². The van der Waals surface area contributed by atoms with Crippen LogP contribution in [0, 0.1) is 12.8 Å². The normalized spacial score (nSPS) is 15.1.